The van der Waals surface area contributed by atoms with E-state index in [1.54, 1.807) is 11.3 Å². The molecule has 74 valence electrons. The Balaban J connectivity index is 2.21. The molecule has 0 unspecified atom stereocenters. The highest BCUT2D eigenvalue weighted by Gasteiger charge is 2.14. The first-order valence-corrected chi connectivity index (χ1v) is 5.45. The van der Waals surface area contributed by atoms with Crippen LogP contribution in [0.25, 0.3) is 0 Å². The monoisotopic (exact) mass is 198 g/mol. The topological polar surface area (TPSA) is 38.0 Å². The highest BCUT2D eigenvalue weighted by molar-refractivity contribution is 7.09. The summed E-state index contributed by atoms with van der Waals surface area (Å²) in [6, 6.07) is 4.23. The van der Waals surface area contributed by atoms with Gasteiger partial charge in [-0.05, 0) is 23.4 Å². The molecule has 0 aromatic carbocycles. The van der Waals surface area contributed by atoms with Crippen molar-refractivity contribution in [1.29, 1.82) is 0 Å². The Kier molecular flexibility index (Phi) is 3.90. The third kappa shape index (κ3) is 3.89. The standard InChI is InChI=1S/C10H18N2S/c1-10(2,7-11)8-12-6-9-4-3-5-13-9/h3-5,12H,6-8,11H2,1-2H3. The van der Waals surface area contributed by atoms with Crippen LogP contribution < -0.4 is 11.1 Å². The molecule has 0 fully saturated rings. The van der Waals surface area contributed by atoms with Crippen LogP contribution in [0.15, 0.2) is 17.5 Å². The Morgan fingerprint density at radius 2 is 2.31 bits per heavy atom. The zero-order chi connectivity index (χ0) is 9.73. The van der Waals surface area contributed by atoms with Crippen molar-refractivity contribution < 1.29 is 0 Å². The molecule has 3 N–H and O–H groups in total. The van der Waals surface area contributed by atoms with Crippen LogP contribution in [-0.4, -0.2) is 13.1 Å². The molecule has 0 saturated heterocycles. The molecule has 1 rings (SSSR count). The summed E-state index contributed by atoms with van der Waals surface area (Å²) in [4.78, 5) is 1.38. The number of nitrogens with two attached hydrogens (primary N) is 1. The van der Waals surface area contributed by atoms with Crippen LogP contribution in [0.5, 0.6) is 0 Å². The minimum atomic E-state index is 0.206. The van der Waals surface area contributed by atoms with Crippen LogP contribution in [0, 0.1) is 5.41 Å². The highest BCUT2D eigenvalue weighted by Crippen LogP contribution is 2.12. The Hall–Kier alpha value is -0.380. The van der Waals surface area contributed by atoms with Crippen LogP contribution >= 0.6 is 11.3 Å². The van der Waals surface area contributed by atoms with E-state index in [0.717, 1.165) is 19.6 Å². The quantitative estimate of drug-likeness (QED) is 0.757. The molecule has 0 radical (unpaired) electrons. The van der Waals surface area contributed by atoms with Gasteiger partial charge in [0.1, 0.15) is 0 Å². The Morgan fingerprint density at radius 1 is 1.54 bits per heavy atom. The smallest absolute Gasteiger partial charge is 0.0299 e. The number of nitrogens with one attached hydrogen (secondary N) is 1. The normalized spacial score (nSPS) is 11.9. The minimum Gasteiger partial charge on any atom is -0.330 e. The summed E-state index contributed by atoms with van der Waals surface area (Å²) >= 11 is 1.79. The molecule has 0 bridgehead atoms. The van der Waals surface area contributed by atoms with Gasteiger partial charge in [-0.25, -0.2) is 0 Å². The maximum Gasteiger partial charge on any atom is 0.0299 e. The lowest BCUT2D eigenvalue weighted by molar-refractivity contribution is 0.352. The molecule has 0 spiro atoms. The van der Waals surface area contributed by atoms with Crippen molar-refractivity contribution in [3.63, 3.8) is 0 Å². The van der Waals surface area contributed by atoms with E-state index in [9.17, 15) is 0 Å². The molecular weight excluding hydrogens is 180 g/mol. The van der Waals surface area contributed by atoms with Gasteiger partial charge in [0.05, 0.1) is 0 Å². The number of hydrogen-bond acceptors (Lipinski definition) is 3. The van der Waals surface area contributed by atoms with Crippen LogP contribution in [0.4, 0.5) is 0 Å². The van der Waals surface area contributed by atoms with Gasteiger partial charge in [0.2, 0.25) is 0 Å². The van der Waals surface area contributed by atoms with E-state index in [-0.39, 0.29) is 5.41 Å². The molecule has 1 aromatic heterocycles. The van der Waals surface area contributed by atoms with Gasteiger partial charge >= 0.3 is 0 Å². The van der Waals surface area contributed by atoms with Gasteiger partial charge in [0.25, 0.3) is 0 Å². The minimum absolute atomic E-state index is 0.206. The average Bonchev–Trinajstić information content (AvgIpc) is 2.57. The van der Waals surface area contributed by atoms with E-state index in [1.807, 2.05) is 0 Å². The van der Waals surface area contributed by atoms with Gasteiger partial charge in [0.15, 0.2) is 0 Å². The van der Waals surface area contributed by atoms with E-state index in [0.29, 0.717) is 0 Å². The third-order valence-electron chi connectivity index (χ3n) is 2.04. The molecule has 3 heteroatoms. The summed E-state index contributed by atoms with van der Waals surface area (Å²) in [5.41, 5.74) is 5.83. The second-order valence-electron chi connectivity index (χ2n) is 4.05. The van der Waals surface area contributed by atoms with Crippen molar-refractivity contribution in [2.45, 2.75) is 20.4 Å². The number of rotatable bonds is 5. The number of thiophene rings is 1. The second kappa shape index (κ2) is 4.74. The van der Waals surface area contributed by atoms with Crippen LogP contribution in [0.2, 0.25) is 0 Å². The molecule has 0 aliphatic carbocycles. The van der Waals surface area contributed by atoms with Crippen LogP contribution in [0.1, 0.15) is 18.7 Å². The Bertz CT molecular complexity index is 229. The van der Waals surface area contributed by atoms with Gasteiger partial charge in [-0.15, -0.1) is 11.3 Å². The molecular formula is C10H18N2S. The lowest BCUT2D eigenvalue weighted by atomic mass is 9.94. The molecule has 0 aliphatic rings. The summed E-state index contributed by atoms with van der Waals surface area (Å²) in [5, 5.41) is 5.51. The van der Waals surface area contributed by atoms with Gasteiger partial charge in [-0.1, -0.05) is 19.9 Å². The predicted molar refractivity (Wildman–Crippen MR) is 58.9 cm³/mol. The fourth-order valence-corrected chi connectivity index (χ4v) is 1.68. The van der Waals surface area contributed by atoms with E-state index in [4.69, 9.17) is 5.73 Å². The third-order valence-corrected chi connectivity index (χ3v) is 2.91. The lowest BCUT2D eigenvalue weighted by Crippen LogP contribution is -2.35. The molecule has 0 atom stereocenters. The SMILES string of the molecule is CC(C)(CN)CNCc1cccs1. The zero-order valence-electron chi connectivity index (χ0n) is 8.34. The van der Waals surface area contributed by atoms with Gasteiger partial charge in [-0.3, -0.25) is 0 Å². The highest BCUT2D eigenvalue weighted by atomic mass is 32.1. The Morgan fingerprint density at radius 3 is 2.85 bits per heavy atom. The van der Waals surface area contributed by atoms with E-state index >= 15 is 0 Å². The molecule has 0 aliphatic heterocycles. The van der Waals surface area contributed by atoms with Gasteiger partial charge in [-0.2, -0.15) is 0 Å². The van der Waals surface area contributed by atoms with Crippen LogP contribution in [-0.2, 0) is 6.54 Å². The summed E-state index contributed by atoms with van der Waals surface area (Å²) in [5.74, 6) is 0. The van der Waals surface area contributed by atoms with Crippen LogP contribution in [0.3, 0.4) is 0 Å². The summed E-state index contributed by atoms with van der Waals surface area (Å²) in [6.45, 7) is 7.01. The first kappa shape index (κ1) is 10.7. The van der Waals surface area contributed by atoms with E-state index < -0.39 is 0 Å². The summed E-state index contributed by atoms with van der Waals surface area (Å²) in [6.07, 6.45) is 0. The van der Waals surface area contributed by atoms with Gasteiger partial charge in [0, 0.05) is 18.0 Å². The largest absolute Gasteiger partial charge is 0.330 e. The predicted octanol–water partition coefficient (Wildman–Crippen LogP) is 1.82. The molecule has 1 aromatic rings. The molecule has 2 nitrogen and oxygen atoms in total. The fourth-order valence-electron chi connectivity index (χ4n) is 1.01. The first-order chi connectivity index (χ1) is 6.14. The van der Waals surface area contributed by atoms with Crippen molar-refractivity contribution >= 4 is 11.3 Å². The maximum absolute atomic E-state index is 5.63. The van der Waals surface area contributed by atoms with E-state index in [2.05, 4.69) is 36.7 Å². The summed E-state index contributed by atoms with van der Waals surface area (Å²) in [7, 11) is 0. The van der Waals surface area contributed by atoms with Crippen molar-refractivity contribution in [3.8, 4) is 0 Å². The molecule has 0 saturated carbocycles. The lowest BCUT2D eigenvalue weighted by Gasteiger charge is -2.22. The Labute approximate surface area is 84.2 Å². The van der Waals surface area contributed by atoms with Crippen molar-refractivity contribution in [2.75, 3.05) is 13.1 Å². The molecule has 0 amide bonds. The maximum atomic E-state index is 5.63. The average molecular weight is 198 g/mol. The summed E-state index contributed by atoms with van der Waals surface area (Å²) < 4.78 is 0. The van der Waals surface area contributed by atoms with Crippen molar-refractivity contribution in [3.05, 3.63) is 22.4 Å². The number of hydrogen-bond donors (Lipinski definition) is 2. The van der Waals surface area contributed by atoms with Gasteiger partial charge < -0.3 is 11.1 Å². The fraction of sp³-hybridized carbons (Fsp3) is 0.600. The molecule has 1 heterocycles. The first-order valence-electron chi connectivity index (χ1n) is 4.57. The van der Waals surface area contributed by atoms with Crippen molar-refractivity contribution in [2.24, 2.45) is 11.1 Å². The van der Waals surface area contributed by atoms with E-state index in [1.165, 1.54) is 4.88 Å². The second-order valence-corrected chi connectivity index (χ2v) is 5.08. The molecule has 13 heavy (non-hydrogen) atoms. The zero-order valence-corrected chi connectivity index (χ0v) is 9.16. The van der Waals surface area contributed by atoms with Crippen molar-refractivity contribution in [1.82, 2.24) is 5.32 Å².